The van der Waals surface area contributed by atoms with E-state index in [1.807, 2.05) is 4.90 Å². The molecule has 152 valence electrons. The third-order valence-electron chi connectivity index (χ3n) is 4.61. The Labute approximate surface area is 167 Å². The van der Waals surface area contributed by atoms with Crippen LogP contribution >= 0.6 is 11.3 Å². The van der Waals surface area contributed by atoms with Gasteiger partial charge in [-0.05, 0) is 26.2 Å². The van der Waals surface area contributed by atoms with Crippen molar-refractivity contribution in [3.8, 4) is 0 Å². The molecule has 0 spiro atoms. The second-order valence-corrected chi connectivity index (χ2v) is 8.20. The van der Waals surface area contributed by atoms with Crippen molar-refractivity contribution in [3.05, 3.63) is 16.1 Å². The minimum atomic E-state index is 0.311. The summed E-state index contributed by atoms with van der Waals surface area (Å²) in [5, 5.41) is 10.0. The van der Waals surface area contributed by atoms with E-state index in [1.54, 1.807) is 11.3 Å². The maximum atomic E-state index is 12.0. The summed E-state index contributed by atoms with van der Waals surface area (Å²) in [5.41, 5.74) is 1.15. The zero-order chi connectivity index (χ0) is 19.5. The van der Waals surface area contributed by atoms with Crippen molar-refractivity contribution < 1.29 is 4.79 Å². The van der Waals surface area contributed by atoms with Gasteiger partial charge in [-0.3, -0.25) is 9.79 Å². The average molecular weight is 394 g/mol. The fourth-order valence-electron chi connectivity index (χ4n) is 3.08. The van der Waals surface area contributed by atoms with E-state index < -0.39 is 0 Å². The Morgan fingerprint density at radius 3 is 2.93 bits per heavy atom. The summed E-state index contributed by atoms with van der Waals surface area (Å²) >= 11 is 1.74. The summed E-state index contributed by atoms with van der Waals surface area (Å²) in [6.07, 6.45) is 5.87. The maximum absolute atomic E-state index is 12.0. The van der Waals surface area contributed by atoms with E-state index in [4.69, 9.17) is 0 Å². The Kier molecular flexibility index (Phi) is 9.59. The highest BCUT2D eigenvalue weighted by molar-refractivity contribution is 7.09. The second kappa shape index (κ2) is 12.0. The molecule has 1 fully saturated rings. The number of likely N-dealkylation sites (tertiary alicyclic amines) is 1. The summed E-state index contributed by atoms with van der Waals surface area (Å²) in [6, 6.07) is 0. The van der Waals surface area contributed by atoms with Gasteiger partial charge < -0.3 is 15.5 Å². The molecule has 0 aromatic carbocycles. The first-order chi connectivity index (χ1) is 13.1. The zero-order valence-corrected chi connectivity index (χ0v) is 17.9. The number of aliphatic imine (C=N–C) groups is 1. The van der Waals surface area contributed by atoms with Gasteiger partial charge in [-0.2, -0.15) is 0 Å². The van der Waals surface area contributed by atoms with Crippen molar-refractivity contribution in [1.29, 1.82) is 0 Å². The number of thiazole rings is 1. The van der Waals surface area contributed by atoms with Gasteiger partial charge in [0.2, 0.25) is 5.91 Å². The molecular formula is C20H35N5OS. The van der Waals surface area contributed by atoms with Crippen LogP contribution in [-0.2, 0) is 11.2 Å². The van der Waals surface area contributed by atoms with Gasteiger partial charge in [0.15, 0.2) is 5.96 Å². The fraction of sp³-hybridized carbons (Fsp3) is 0.750. The third-order valence-corrected chi connectivity index (χ3v) is 5.80. The summed E-state index contributed by atoms with van der Waals surface area (Å²) in [6.45, 7) is 10.5. The van der Waals surface area contributed by atoms with Gasteiger partial charge in [-0.15, -0.1) is 11.3 Å². The highest BCUT2D eigenvalue weighted by atomic mass is 32.1. The number of nitrogens with one attached hydrogen (secondary N) is 2. The van der Waals surface area contributed by atoms with Crippen molar-refractivity contribution >= 4 is 23.2 Å². The molecule has 0 bridgehead atoms. The molecule has 0 saturated carbocycles. The standard InChI is InChI=1S/C20H35N5OS/c1-4-21-20(23-12-10-17-15-27-19(24-17)16(2)3)22-11-8-14-25-13-7-5-6-9-18(25)26/h15-16H,4-14H2,1-3H3,(H2,21,22,23). The lowest BCUT2D eigenvalue weighted by Crippen LogP contribution is -2.38. The van der Waals surface area contributed by atoms with E-state index >= 15 is 0 Å². The molecule has 2 N–H and O–H groups in total. The molecule has 27 heavy (non-hydrogen) atoms. The van der Waals surface area contributed by atoms with Crippen molar-refractivity contribution in [2.75, 3.05) is 32.7 Å². The summed E-state index contributed by atoms with van der Waals surface area (Å²) in [5.74, 6) is 1.65. The predicted molar refractivity (Wildman–Crippen MR) is 114 cm³/mol. The molecule has 1 aliphatic rings. The normalized spacial score (nSPS) is 15.9. The van der Waals surface area contributed by atoms with Crippen LogP contribution in [0, 0.1) is 0 Å². The van der Waals surface area contributed by atoms with Crippen molar-refractivity contribution in [2.24, 2.45) is 4.99 Å². The van der Waals surface area contributed by atoms with Gasteiger partial charge in [0, 0.05) is 56.9 Å². The lowest BCUT2D eigenvalue weighted by Gasteiger charge is -2.20. The van der Waals surface area contributed by atoms with Gasteiger partial charge in [0.25, 0.3) is 0 Å². The molecule has 1 aliphatic heterocycles. The van der Waals surface area contributed by atoms with Gasteiger partial charge in [0.05, 0.1) is 10.7 Å². The molecule has 2 heterocycles. The molecular weight excluding hydrogens is 358 g/mol. The number of rotatable bonds is 9. The van der Waals surface area contributed by atoms with Crippen LogP contribution in [0.1, 0.15) is 69.5 Å². The third kappa shape index (κ3) is 7.87. The number of aromatic nitrogens is 1. The second-order valence-electron chi connectivity index (χ2n) is 7.31. The Hall–Kier alpha value is -1.63. The topological polar surface area (TPSA) is 69.6 Å². The van der Waals surface area contributed by atoms with Crippen LogP contribution in [0.15, 0.2) is 10.4 Å². The maximum Gasteiger partial charge on any atom is 0.222 e. The zero-order valence-electron chi connectivity index (χ0n) is 17.1. The SMILES string of the molecule is CCNC(=NCCCN1CCCCCC1=O)NCCc1csc(C(C)C)n1. The lowest BCUT2D eigenvalue weighted by molar-refractivity contribution is -0.130. The number of hydrogen-bond acceptors (Lipinski definition) is 4. The molecule has 0 radical (unpaired) electrons. The van der Waals surface area contributed by atoms with Crippen LogP contribution in [0.25, 0.3) is 0 Å². The smallest absolute Gasteiger partial charge is 0.222 e. The van der Waals surface area contributed by atoms with Crippen LogP contribution in [0.2, 0.25) is 0 Å². The minimum absolute atomic E-state index is 0.311. The molecule has 6 nitrogen and oxygen atoms in total. The number of hydrogen-bond donors (Lipinski definition) is 2. The van der Waals surface area contributed by atoms with Crippen LogP contribution in [0.4, 0.5) is 0 Å². The number of carbonyl (C=O) groups is 1. The Morgan fingerprint density at radius 2 is 2.19 bits per heavy atom. The number of nitrogens with zero attached hydrogens (tertiary/aromatic N) is 3. The predicted octanol–water partition coefficient (Wildman–Crippen LogP) is 3.16. The molecule has 1 aromatic heterocycles. The van der Waals surface area contributed by atoms with Gasteiger partial charge in [-0.25, -0.2) is 4.98 Å². The Bertz CT molecular complexity index is 599. The number of carbonyl (C=O) groups excluding carboxylic acids is 1. The van der Waals surface area contributed by atoms with Crippen LogP contribution in [0.3, 0.4) is 0 Å². The number of guanidine groups is 1. The first-order valence-corrected chi connectivity index (χ1v) is 11.2. The molecule has 1 amide bonds. The molecule has 1 aromatic rings. The molecule has 7 heteroatoms. The van der Waals surface area contributed by atoms with Gasteiger partial charge in [0.1, 0.15) is 0 Å². The molecule has 0 unspecified atom stereocenters. The van der Waals surface area contributed by atoms with E-state index in [9.17, 15) is 4.79 Å². The van der Waals surface area contributed by atoms with E-state index in [0.717, 1.165) is 70.1 Å². The number of amides is 1. The molecule has 0 atom stereocenters. The van der Waals surface area contributed by atoms with Crippen molar-refractivity contribution in [1.82, 2.24) is 20.5 Å². The Morgan fingerprint density at radius 1 is 1.33 bits per heavy atom. The van der Waals surface area contributed by atoms with Crippen LogP contribution < -0.4 is 10.6 Å². The highest BCUT2D eigenvalue weighted by Gasteiger charge is 2.15. The lowest BCUT2D eigenvalue weighted by atomic mass is 10.2. The fourth-order valence-corrected chi connectivity index (χ4v) is 3.95. The van der Waals surface area contributed by atoms with E-state index in [0.29, 0.717) is 18.2 Å². The van der Waals surface area contributed by atoms with Gasteiger partial charge in [-0.1, -0.05) is 20.3 Å². The van der Waals surface area contributed by atoms with E-state index in [2.05, 4.69) is 46.8 Å². The first kappa shape index (κ1) is 21.7. The van der Waals surface area contributed by atoms with Crippen LogP contribution in [0.5, 0.6) is 0 Å². The van der Waals surface area contributed by atoms with Crippen LogP contribution in [-0.4, -0.2) is 54.5 Å². The quantitative estimate of drug-likeness (QED) is 0.384. The Balaban J connectivity index is 1.71. The van der Waals surface area contributed by atoms with Crippen molar-refractivity contribution in [2.45, 2.75) is 65.2 Å². The summed E-state index contributed by atoms with van der Waals surface area (Å²) < 4.78 is 0. The summed E-state index contributed by atoms with van der Waals surface area (Å²) in [4.78, 5) is 23.4. The monoisotopic (exact) mass is 393 g/mol. The molecule has 0 aliphatic carbocycles. The highest BCUT2D eigenvalue weighted by Crippen LogP contribution is 2.19. The van der Waals surface area contributed by atoms with Crippen molar-refractivity contribution in [3.63, 3.8) is 0 Å². The minimum Gasteiger partial charge on any atom is -0.357 e. The largest absolute Gasteiger partial charge is 0.357 e. The van der Waals surface area contributed by atoms with Gasteiger partial charge >= 0.3 is 0 Å². The average Bonchev–Trinajstić information content (AvgIpc) is 3.02. The first-order valence-electron chi connectivity index (χ1n) is 10.3. The van der Waals surface area contributed by atoms with E-state index in [-0.39, 0.29) is 0 Å². The summed E-state index contributed by atoms with van der Waals surface area (Å²) in [7, 11) is 0. The molecule has 2 rings (SSSR count). The molecule has 1 saturated heterocycles. The van der Waals surface area contributed by atoms with E-state index in [1.165, 1.54) is 11.4 Å².